The zero-order chi connectivity index (χ0) is 12.1. The van der Waals surface area contributed by atoms with E-state index in [1.807, 2.05) is 31.3 Å². The van der Waals surface area contributed by atoms with Crippen LogP contribution in [0.3, 0.4) is 0 Å². The minimum atomic E-state index is 0.661. The van der Waals surface area contributed by atoms with Gasteiger partial charge >= 0.3 is 0 Å². The van der Waals surface area contributed by atoms with E-state index in [9.17, 15) is 0 Å². The van der Waals surface area contributed by atoms with Crippen molar-refractivity contribution >= 4 is 17.7 Å². The highest BCUT2D eigenvalue weighted by Gasteiger charge is 2.13. The molecule has 1 aliphatic heterocycles. The summed E-state index contributed by atoms with van der Waals surface area (Å²) in [6.07, 6.45) is 4.38. The van der Waals surface area contributed by atoms with E-state index >= 15 is 0 Å². The molecule has 0 saturated carbocycles. The van der Waals surface area contributed by atoms with Crippen LogP contribution < -0.4 is 10.2 Å². The molecule has 1 aliphatic rings. The molecule has 0 unspecified atom stereocenters. The predicted molar refractivity (Wildman–Crippen MR) is 73.5 cm³/mol. The smallest absolute Gasteiger partial charge is 0.225 e. The van der Waals surface area contributed by atoms with E-state index < -0.39 is 0 Å². The first-order valence-electron chi connectivity index (χ1n) is 6.06. The molecule has 2 rings (SSSR count). The fraction of sp³-hybridized carbons (Fsp3) is 0.667. The Bertz CT molecular complexity index is 350. The average Bonchev–Trinajstić information content (AvgIpc) is 2.38. The van der Waals surface area contributed by atoms with Crippen LogP contribution in [0.4, 0.5) is 5.95 Å². The van der Waals surface area contributed by atoms with E-state index in [1.165, 1.54) is 24.3 Å². The summed E-state index contributed by atoms with van der Waals surface area (Å²) in [5.74, 6) is 3.35. The van der Waals surface area contributed by atoms with Crippen molar-refractivity contribution in [1.29, 1.82) is 0 Å². The van der Waals surface area contributed by atoms with Crippen molar-refractivity contribution < 1.29 is 0 Å². The molecule has 1 fully saturated rings. The van der Waals surface area contributed by atoms with Crippen LogP contribution in [-0.2, 0) is 6.54 Å². The normalized spacial score (nSPS) is 17.1. The Hall–Kier alpha value is -0.810. The molecule has 1 saturated heterocycles. The van der Waals surface area contributed by atoms with Crippen molar-refractivity contribution in [2.45, 2.75) is 25.4 Å². The number of anilines is 1. The largest absolute Gasteiger partial charge is 0.347 e. The van der Waals surface area contributed by atoms with E-state index in [0.717, 1.165) is 18.2 Å². The number of nitrogens with zero attached hydrogens (tertiary/aromatic N) is 3. The van der Waals surface area contributed by atoms with Crippen molar-refractivity contribution in [2.24, 2.45) is 0 Å². The predicted octanol–water partition coefficient (Wildman–Crippen LogP) is 1.53. The lowest BCUT2D eigenvalue weighted by molar-refractivity contribution is 0.478. The van der Waals surface area contributed by atoms with Crippen LogP contribution in [0.15, 0.2) is 12.3 Å². The maximum atomic E-state index is 4.50. The third-order valence-electron chi connectivity index (χ3n) is 2.89. The van der Waals surface area contributed by atoms with Gasteiger partial charge in [-0.15, -0.1) is 0 Å². The lowest BCUT2D eigenvalue weighted by Gasteiger charge is -2.22. The van der Waals surface area contributed by atoms with Gasteiger partial charge in [-0.25, -0.2) is 9.97 Å². The van der Waals surface area contributed by atoms with Gasteiger partial charge in [0, 0.05) is 32.9 Å². The Labute approximate surface area is 107 Å². The molecule has 0 amide bonds. The monoisotopic (exact) mass is 252 g/mol. The first-order chi connectivity index (χ1) is 8.25. The Kier molecular flexibility index (Phi) is 4.62. The number of rotatable bonds is 4. The van der Waals surface area contributed by atoms with Gasteiger partial charge in [-0.1, -0.05) is 0 Å². The summed E-state index contributed by atoms with van der Waals surface area (Å²) >= 11 is 2.05. The van der Waals surface area contributed by atoms with Crippen molar-refractivity contribution in [3.8, 4) is 0 Å². The highest BCUT2D eigenvalue weighted by atomic mass is 32.2. The van der Waals surface area contributed by atoms with E-state index in [1.54, 1.807) is 0 Å². The van der Waals surface area contributed by atoms with Gasteiger partial charge in [0.25, 0.3) is 0 Å². The minimum Gasteiger partial charge on any atom is -0.347 e. The van der Waals surface area contributed by atoms with Gasteiger partial charge in [0.15, 0.2) is 0 Å². The molecule has 0 aromatic carbocycles. The standard InChI is InChI=1S/C12H20N4S/c1-16(2)12-13-6-3-11(15-12)9-14-10-4-7-17-8-5-10/h3,6,10,14H,4-5,7-9H2,1-2H3. The molecule has 17 heavy (non-hydrogen) atoms. The maximum absolute atomic E-state index is 4.50. The lowest BCUT2D eigenvalue weighted by Crippen LogP contribution is -2.32. The summed E-state index contributed by atoms with van der Waals surface area (Å²) in [7, 11) is 3.93. The third-order valence-corrected chi connectivity index (χ3v) is 3.94. The van der Waals surface area contributed by atoms with Crippen LogP contribution >= 0.6 is 11.8 Å². The van der Waals surface area contributed by atoms with E-state index in [0.29, 0.717) is 6.04 Å². The summed E-state index contributed by atoms with van der Waals surface area (Å²) in [5, 5.41) is 3.58. The van der Waals surface area contributed by atoms with E-state index in [2.05, 4.69) is 27.0 Å². The first-order valence-corrected chi connectivity index (χ1v) is 7.21. The van der Waals surface area contributed by atoms with Crippen molar-refractivity contribution in [3.05, 3.63) is 18.0 Å². The number of thioether (sulfide) groups is 1. The van der Waals surface area contributed by atoms with Gasteiger partial charge < -0.3 is 10.2 Å². The summed E-state index contributed by atoms with van der Waals surface area (Å²) in [6, 6.07) is 2.64. The molecule has 1 aromatic rings. The second-order valence-corrected chi connectivity index (χ2v) is 5.73. The lowest BCUT2D eigenvalue weighted by atomic mass is 10.1. The second-order valence-electron chi connectivity index (χ2n) is 4.51. The van der Waals surface area contributed by atoms with E-state index in [4.69, 9.17) is 0 Å². The number of aromatic nitrogens is 2. The van der Waals surface area contributed by atoms with Crippen LogP contribution in [0.2, 0.25) is 0 Å². The van der Waals surface area contributed by atoms with Crippen LogP contribution in [0.25, 0.3) is 0 Å². The Morgan fingerprint density at radius 2 is 2.18 bits per heavy atom. The Morgan fingerprint density at radius 3 is 2.88 bits per heavy atom. The van der Waals surface area contributed by atoms with Gasteiger partial charge in [-0.05, 0) is 30.4 Å². The van der Waals surface area contributed by atoms with Gasteiger partial charge in [-0.2, -0.15) is 11.8 Å². The van der Waals surface area contributed by atoms with Crippen LogP contribution in [0.5, 0.6) is 0 Å². The topological polar surface area (TPSA) is 41.1 Å². The third kappa shape index (κ3) is 3.85. The van der Waals surface area contributed by atoms with Crippen molar-refractivity contribution in [2.75, 3.05) is 30.5 Å². The Morgan fingerprint density at radius 1 is 1.41 bits per heavy atom. The number of hydrogen-bond acceptors (Lipinski definition) is 5. The van der Waals surface area contributed by atoms with E-state index in [-0.39, 0.29) is 0 Å². The summed E-state index contributed by atoms with van der Waals surface area (Å²) in [5.41, 5.74) is 1.07. The summed E-state index contributed by atoms with van der Waals surface area (Å²) in [6.45, 7) is 0.846. The van der Waals surface area contributed by atoms with Gasteiger partial charge in [0.1, 0.15) is 0 Å². The molecular weight excluding hydrogens is 232 g/mol. The molecular formula is C12H20N4S. The molecule has 4 nitrogen and oxygen atoms in total. The SMILES string of the molecule is CN(C)c1nccc(CNC2CCSCC2)n1. The summed E-state index contributed by atoms with van der Waals surface area (Å²) in [4.78, 5) is 10.7. The first kappa shape index (κ1) is 12.6. The minimum absolute atomic E-state index is 0.661. The summed E-state index contributed by atoms with van der Waals surface area (Å²) < 4.78 is 0. The molecule has 0 radical (unpaired) electrons. The highest BCUT2D eigenvalue weighted by Crippen LogP contribution is 2.17. The van der Waals surface area contributed by atoms with Crippen LogP contribution in [0, 0.1) is 0 Å². The zero-order valence-corrected chi connectivity index (χ0v) is 11.3. The zero-order valence-electron chi connectivity index (χ0n) is 10.5. The van der Waals surface area contributed by atoms with Gasteiger partial charge in [0.05, 0.1) is 5.69 Å². The number of nitrogens with one attached hydrogen (secondary N) is 1. The van der Waals surface area contributed by atoms with Gasteiger partial charge in [-0.3, -0.25) is 0 Å². The molecule has 0 atom stereocenters. The maximum Gasteiger partial charge on any atom is 0.225 e. The number of hydrogen-bond donors (Lipinski definition) is 1. The van der Waals surface area contributed by atoms with Crippen LogP contribution in [0.1, 0.15) is 18.5 Å². The molecule has 94 valence electrons. The molecule has 0 aliphatic carbocycles. The fourth-order valence-electron chi connectivity index (χ4n) is 1.85. The van der Waals surface area contributed by atoms with Crippen molar-refractivity contribution in [3.63, 3.8) is 0 Å². The fourth-order valence-corrected chi connectivity index (χ4v) is 2.96. The second kappa shape index (κ2) is 6.21. The molecule has 0 spiro atoms. The molecule has 1 N–H and O–H groups in total. The average molecular weight is 252 g/mol. The van der Waals surface area contributed by atoms with Gasteiger partial charge in [0.2, 0.25) is 5.95 Å². The molecule has 1 aromatic heterocycles. The Balaban J connectivity index is 1.87. The quantitative estimate of drug-likeness (QED) is 0.880. The van der Waals surface area contributed by atoms with Crippen molar-refractivity contribution in [1.82, 2.24) is 15.3 Å². The van der Waals surface area contributed by atoms with Crippen LogP contribution in [-0.4, -0.2) is 41.6 Å². The highest BCUT2D eigenvalue weighted by molar-refractivity contribution is 7.99. The molecule has 0 bridgehead atoms. The molecule has 2 heterocycles. The molecule has 5 heteroatoms.